The van der Waals surface area contributed by atoms with Gasteiger partial charge in [-0.15, -0.1) is 0 Å². The van der Waals surface area contributed by atoms with Crippen LogP contribution >= 0.6 is 0 Å². The van der Waals surface area contributed by atoms with Crippen molar-refractivity contribution in [2.45, 2.75) is 25.7 Å². The lowest BCUT2D eigenvalue weighted by molar-refractivity contribution is -0.154. The van der Waals surface area contributed by atoms with Gasteiger partial charge in [-0.1, -0.05) is 12.5 Å². The molecular formula is C13H13NO4. The highest BCUT2D eigenvalue weighted by Crippen LogP contribution is 2.44. The van der Waals surface area contributed by atoms with Gasteiger partial charge in [0.1, 0.15) is 0 Å². The van der Waals surface area contributed by atoms with Gasteiger partial charge in [-0.05, 0) is 37.0 Å². The first-order valence-electron chi connectivity index (χ1n) is 5.94. The van der Waals surface area contributed by atoms with Gasteiger partial charge in [0, 0.05) is 0 Å². The van der Waals surface area contributed by atoms with Crippen molar-refractivity contribution in [2.75, 3.05) is 0 Å². The first kappa shape index (κ1) is 11.1. The average Bonchev–Trinajstić information content (AvgIpc) is 2.62. The van der Waals surface area contributed by atoms with Crippen LogP contribution in [0.3, 0.4) is 0 Å². The molecule has 18 heavy (non-hydrogen) atoms. The lowest BCUT2D eigenvalue weighted by Gasteiger charge is -2.37. The fourth-order valence-electron chi connectivity index (χ4n) is 2.56. The Balaban J connectivity index is 1.95. The second kappa shape index (κ2) is 3.73. The minimum atomic E-state index is -0.732. The van der Waals surface area contributed by atoms with Crippen molar-refractivity contribution < 1.29 is 14.3 Å². The van der Waals surface area contributed by atoms with Gasteiger partial charge in [-0.3, -0.25) is 9.78 Å². The first-order valence-corrected chi connectivity index (χ1v) is 5.94. The van der Waals surface area contributed by atoms with E-state index in [0.29, 0.717) is 17.5 Å². The van der Waals surface area contributed by atoms with Crippen molar-refractivity contribution in [2.24, 2.45) is 5.41 Å². The highest BCUT2D eigenvalue weighted by Gasteiger charge is 2.44. The minimum Gasteiger partial charge on any atom is -0.481 e. The topological polar surface area (TPSA) is 83.3 Å². The summed E-state index contributed by atoms with van der Waals surface area (Å²) in [6.07, 6.45) is 2.90. The molecule has 1 aliphatic rings. The molecule has 1 heterocycles. The normalized spacial score (nSPS) is 17.6. The predicted octanol–water partition coefficient (Wildman–Crippen LogP) is 1.92. The first-order chi connectivity index (χ1) is 8.59. The maximum absolute atomic E-state index is 11.3. The van der Waals surface area contributed by atoms with Crippen LogP contribution in [0.5, 0.6) is 0 Å². The van der Waals surface area contributed by atoms with Crippen LogP contribution in [-0.4, -0.2) is 16.1 Å². The van der Waals surface area contributed by atoms with Crippen molar-refractivity contribution in [1.29, 1.82) is 0 Å². The molecule has 5 heteroatoms. The summed E-state index contributed by atoms with van der Waals surface area (Å²) in [6.45, 7) is 0. The zero-order chi connectivity index (χ0) is 12.8. The van der Waals surface area contributed by atoms with Crippen LogP contribution in [0.25, 0.3) is 11.1 Å². The van der Waals surface area contributed by atoms with E-state index in [2.05, 4.69) is 4.98 Å². The van der Waals surface area contributed by atoms with E-state index in [1.54, 1.807) is 12.1 Å². The van der Waals surface area contributed by atoms with Gasteiger partial charge < -0.3 is 9.52 Å². The van der Waals surface area contributed by atoms with E-state index in [9.17, 15) is 14.7 Å². The zero-order valence-corrected chi connectivity index (χ0v) is 9.73. The number of carbonyl (C=O) groups is 1. The largest absolute Gasteiger partial charge is 0.481 e. The Morgan fingerprint density at radius 3 is 2.83 bits per heavy atom. The van der Waals surface area contributed by atoms with Crippen LogP contribution in [0, 0.1) is 5.41 Å². The summed E-state index contributed by atoms with van der Waals surface area (Å²) in [5, 5.41) is 9.28. The van der Waals surface area contributed by atoms with Crippen molar-refractivity contribution >= 4 is 17.1 Å². The number of aromatic amines is 1. The number of aliphatic carboxylic acids is 1. The Kier molecular flexibility index (Phi) is 2.29. The van der Waals surface area contributed by atoms with Gasteiger partial charge in [0.2, 0.25) is 0 Å². The number of H-pyrrole nitrogens is 1. The SMILES string of the molecule is O=C(O)C1(Cc2ccc3[nH]c(=O)oc3c2)CCC1. The van der Waals surface area contributed by atoms with E-state index >= 15 is 0 Å². The fourth-order valence-corrected chi connectivity index (χ4v) is 2.56. The number of rotatable bonds is 3. The number of fused-ring (bicyclic) bond motifs is 1. The molecule has 3 rings (SSSR count). The molecule has 0 unspecified atom stereocenters. The lowest BCUT2D eigenvalue weighted by atomic mass is 9.65. The van der Waals surface area contributed by atoms with Crippen LogP contribution < -0.4 is 5.76 Å². The van der Waals surface area contributed by atoms with Crippen molar-refractivity contribution in [3.8, 4) is 0 Å². The summed E-state index contributed by atoms with van der Waals surface area (Å²) in [5.74, 6) is -1.22. The smallest absolute Gasteiger partial charge is 0.417 e. The van der Waals surface area contributed by atoms with Crippen molar-refractivity contribution in [3.63, 3.8) is 0 Å². The summed E-state index contributed by atoms with van der Waals surface area (Å²) >= 11 is 0. The molecule has 1 aliphatic carbocycles. The standard InChI is InChI=1S/C13H13NO4/c15-11(16)13(4-1-5-13)7-8-2-3-9-10(6-8)18-12(17)14-9/h2-3,6H,1,4-5,7H2,(H,14,17)(H,15,16). The number of oxazole rings is 1. The van der Waals surface area contributed by atoms with Crippen LogP contribution in [0.2, 0.25) is 0 Å². The number of aromatic nitrogens is 1. The summed E-state index contributed by atoms with van der Waals surface area (Å²) in [6, 6.07) is 5.34. The van der Waals surface area contributed by atoms with E-state index in [-0.39, 0.29) is 0 Å². The van der Waals surface area contributed by atoms with Gasteiger partial charge in [-0.25, -0.2) is 4.79 Å². The van der Waals surface area contributed by atoms with Gasteiger partial charge in [0.05, 0.1) is 10.9 Å². The maximum Gasteiger partial charge on any atom is 0.417 e. The van der Waals surface area contributed by atoms with Crippen molar-refractivity contribution in [3.05, 3.63) is 34.3 Å². The van der Waals surface area contributed by atoms with E-state index in [1.807, 2.05) is 6.07 Å². The van der Waals surface area contributed by atoms with Gasteiger partial charge in [-0.2, -0.15) is 0 Å². The molecule has 1 aromatic carbocycles. The molecule has 1 saturated carbocycles. The summed E-state index contributed by atoms with van der Waals surface area (Å²) in [7, 11) is 0. The second-order valence-electron chi connectivity index (χ2n) is 4.96. The molecular weight excluding hydrogens is 234 g/mol. The molecule has 0 aliphatic heterocycles. The highest BCUT2D eigenvalue weighted by molar-refractivity contribution is 5.77. The molecule has 1 aromatic heterocycles. The van der Waals surface area contributed by atoms with E-state index in [1.165, 1.54) is 0 Å². The Morgan fingerprint density at radius 2 is 2.22 bits per heavy atom. The number of hydrogen-bond acceptors (Lipinski definition) is 3. The molecule has 0 bridgehead atoms. The molecule has 0 spiro atoms. The number of carboxylic acids is 1. The third-order valence-corrected chi connectivity index (χ3v) is 3.79. The molecule has 5 nitrogen and oxygen atoms in total. The predicted molar refractivity (Wildman–Crippen MR) is 64.5 cm³/mol. The number of nitrogens with one attached hydrogen (secondary N) is 1. The molecule has 0 amide bonds. The number of benzene rings is 1. The van der Waals surface area contributed by atoms with Crippen LogP contribution in [-0.2, 0) is 11.2 Å². The highest BCUT2D eigenvalue weighted by atomic mass is 16.4. The van der Waals surface area contributed by atoms with Gasteiger partial charge in [0.15, 0.2) is 5.58 Å². The summed E-state index contributed by atoms with van der Waals surface area (Å²) < 4.78 is 4.98. The maximum atomic E-state index is 11.3. The monoisotopic (exact) mass is 247 g/mol. The average molecular weight is 247 g/mol. The van der Waals surface area contributed by atoms with E-state index in [4.69, 9.17) is 4.42 Å². The molecule has 2 aromatic rings. The Morgan fingerprint density at radius 1 is 1.44 bits per heavy atom. The third kappa shape index (κ3) is 1.63. The van der Waals surface area contributed by atoms with Crippen LogP contribution in [0.1, 0.15) is 24.8 Å². The fraction of sp³-hybridized carbons (Fsp3) is 0.385. The lowest BCUT2D eigenvalue weighted by Crippen LogP contribution is -2.39. The number of carboxylic acid groups (broad SMARTS) is 1. The van der Waals surface area contributed by atoms with E-state index in [0.717, 1.165) is 24.8 Å². The Hall–Kier alpha value is -2.04. The van der Waals surface area contributed by atoms with Gasteiger partial charge >= 0.3 is 11.7 Å². The minimum absolute atomic E-state index is 0.484. The van der Waals surface area contributed by atoms with Crippen LogP contribution in [0.4, 0.5) is 0 Å². The zero-order valence-electron chi connectivity index (χ0n) is 9.73. The molecule has 1 fully saturated rings. The summed E-state index contributed by atoms with van der Waals surface area (Å²) in [4.78, 5) is 24.9. The van der Waals surface area contributed by atoms with Crippen LogP contribution in [0.15, 0.2) is 27.4 Å². The molecule has 94 valence electrons. The molecule has 2 N–H and O–H groups in total. The Bertz CT molecular complexity index is 663. The van der Waals surface area contributed by atoms with E-state index < -0.39 is 17.1 Å². The molecule has 0 atom stereocenters. The second-order valence-corrected chi connectivity index (χ2v) is 4.96. The summed E-state index contributed by atoms with van der Waals surface area (Å²) in [5.41, 5.74) is 1.40. The number of hydrogen-bond donors (Lipinski definition) is 2. The molecule has 0 saturated heterocycles. The van der Waals surface area contributed by atoms with Crippen molar-refractivity contribution in [1.82, 2.24) is 4.98 Å². The Labute approximate surface area is 102 Å². The quantitative estimate of drug-likeness (QED) is 0.867. The third-order valence-electron chi connectivity index (χ3n) is 3.79. The van der Waals surface area contributed by atoms with Gasteiger partial charge in [0.25, 0.3) is 0 Å². The molecule has 0 radical (unpaired) electrons.